The second-order valence-electron chi connectivity index (χ2n) is 4.70. The Hall–Kier alpha value is -1.10. The Bertz CT molecular complexity index is 408. The van der Waals surface area contributed by atoms with E-state index in [4.69, 9.17) is 16.3 Å². The predicted molar refractivity (Wildman–Crippen MR) is 74.0 cm³/mol. The molecule has 0 aliphatic heterocycles. The van der Waals surface area contributed by atoms with Crippen LogP contribution in [-0.2, 0) is 9.53 Å². The molecule has 0 saturated carbocycles. The molecule has 1 aromatic carbocycles. The number of hydrogen-bond acceptors (Lipinski definition) is 3. The largest absolute Gasteiger partial charge is 0.383 e. The number of nitrogens with one attached hydrogen (secondary N) is 2. The van der Waals surface area contributed by atoms with Gasteiger partial charge in [0.2, 0.25) is 5.91 Å². The van der Waals surface area contributed by atoms with Gasteiger partial charge in [-0.15, -0.1) is 0 Å². The van der Waals surface area contributed by atoms with E-state index < -0.39 is 0 Å². The zero-order valence-electron chi connectivity index (χ0n) is 10.9. The molecule has 0 fully saturated rings. The van der Waals surface area contributed by atoms with Gasteiger partial charge in [-0.25, -0.2) is 0 Å². The molecular weight excluding hydrogens is 252 g/mol. The Morgan fingerprint density at radius 3 is 2.67 bits per heavy atom. The van der Waals surface area contributed by atoms with Gasteiger partial charge in [-0.1, -0.05) is 23.7 Å². The van der Waals surface area contributed by atoms with Crippen molar-refractivity contribution >= 4 is 23.2 Å². The number of anilines is 1. The summed E-state index contributed by atoms with van der Waals surface area (Å²) >= 11 is 5.95. The van der Waals surface area contributed by atoms with Crippen molar-refractivity contribution in [2.75, 3.05) is 25.6 Å². The standard InChI is InChI=1S/C13H19ClN2O2/c1-13(2,9-18-3)15-8-12(17)16-11-7-5-4-6-10(11)14/h4-7,15H,8-9H2,1-3H3,(H,16,17). The summed E-state index contributed by atoms with van der Waals surface area (Å²) in [5, 5.41) is 6.40. The first kappa shape index (κ1) is 15.0. The smallest absolute Gasteiger partial charge is 0.238 e. The van der Waals surface area contributed by atoms with Crippen molar-refractivity contribution < 1.29 is 9.53 Å². The molecule has 1 aromatic rings. The maximum atomic E-state index is 11.7. The molecule has 0 heterocycles. The van der Waals surface area contributed by atoms with Gasteiger partial charge in [0.25, 0.3) is 0 Å². The second kappa shape index (κ2) is 6.73. The molecule has 0 saturated heterocycles. The Kier molecular flexibility index (Phi) is 5.59. The Morgan fingerprint density at radius 1 is 1.39 bits per heavy atom. The van der Waals surface area contributed by atoms with Gasteiger partial charge >= 0.3 is 0 Å². The van der Waals surface area contributed by atoms with E-state index in [0.717, 1.165) is 0 Å². The number of rotatable bonds is 6. The van der Waals surface area contributed by atoms with Crippen LogP contribution in [0.5, 0.6) is 0 Å². The van der Waals surface area contributed by atoms with Crippen LogP contribution in [0.3, 0.4) is 0 Å². The number of ether oxygens (including phenoxy) is 1. The van der Waals surface area contributed by atoms with Crippen LogP contribution < -0.4 is 10.6 Å². The monoisotopic (exact) mass is 270 g/mol. The number of carbonyl (C=O) groups is 1. The first-order valence-corrected chi connectivity index (χ1v) is 6.11. The Balaban J connectivity index is 2.46. The maximum Gasteiger partial charge on any atom is 0.238 e. The first-order chi connectivity index (χ1) is 8.44. The van der Waals surface area contributed by atoms with Crippen LogP contribution in [-0.4, -0.2) is 31.7 Å². The molecule has 18 heavy (non-hydrogen) atoms. The number of hydrogen-bond donors (Lipinski definition) is 2. The highest BCUT2D eigenvalue weighted by Gasteiger charge is 2.18. The molecular formula is C13H19ClN2O2. The molecule has 1 amide bonds. The molecule has 0 aliphatic carbocycles. The highest BCUT2D eigenvalue weighted by atomic mass is 35.5. The zero-order chi connectivity index (χ0) is 13.6. The number of amides is 1. The first-order valence-electron chi connectivity index (χ1n) is 5.73. The molecule has 100 valence electrons. The summed E-state index contributed by atoms with van der Waals surface area (Å²) in [4.78, 5) is 11.7. The average molecular weight is 271 g/mol. The zero-order valence-corrected chi connectivity index (χ0v) is 11.7. The van der Waals surface area contributed by atoms with E-state index in [1.807, 2.05) is 26.0 Å². The molecule has 0 spiro atoms. The predicted octanol–water partition coefficient (Wildman–Crippen LogP) is 2.29. The Labute approximate surface area is 113 Å². The molecule has 0 atom stereocenters. The summed E-state index contributed by atoms with van der Waals surface area (Å²) in [6, 6.07) is 7.14. The average Bonchev–Trinajstić information content (AvgIpc) is 2.30. The SMILES string of the molecule is COCC(C)(C)NCC(=O)Nc1ccccc1Cl. The molecule has 0 aromatic heterocycles. The molecule has 0 unspecified atom stereocenters. The minimum Gasteiger partial charge on any atom is -0.383 e. The van der Waals surface area contributed by atoms with Crippen molar-refractivity contribution in [1.29, 1.82) is 0 Å². The molecule has 4 nitrogen and oxygen atoms in total. The van der Waals surface area contributed by atoms with Gasteiger partial charge in [-0.3, -0.25) is 4.79 Å². The van der Waals surface area contributed by atoms with E-state index in [2.05, 4.69) is 10.6 Å². The fourth-order valence-corrected chi connectivity index (χ4v) is 1.67. The summed E-state index contributed by atoms with van der Waals surface area (Å²) < 4.78 is 5.06. The minimum atomic E-state index is -0.243. The van der Waals surface area contributed by atoms with E-state index in [-0.39, 0.29) is 18.0 Å². The van der Waals surface area contributed by atoms with E-state index >= 15 is 0 Å². The lowest BCUT2D eigenvalue weighted by Crippen LogP contribution is -2.46. The van der Waals surface area contributed by atoms with Crippen LogP contribution in [0.1, 0.15) is 13.8 Å². The summed E-state index contributed by atoms with van der Waals surface area (Å²) in [5.74, 6) is -0.132. The summed E-state index contributed by atoms with van der Waals surface area (Å²) in [6.45, 7) is 4.69. The van der Waals surface area contributed by atoms with E-state index in [9.17, 15) is 4.79 Å². The third kappa shape index (κ3) is 5.04. The number of halogens is 1. The fraction of sp³-hybridized carbons (Fsp3) is 0.462. The van der Waals surface area contributed by atoms with Gasteiger partial charge in [-0.2, -0.15) is 0 Å². The van der Waals surface area contributed by atoms with Crippen LogP contribution in [0.4, 0.5) is 5.69 Å². The second-order valence-corrected chi connectivity index (χ2v) is 5.11. The normalized spacial score (nSPS) is 11.3. The van der Waals surface area contributed by atoms with Crippen molar-refractivity contribution in [2.45, 2.75) is 19.4 Å². The highest BCUT2D eigenvalue weighted by Crippen LogP contribution is 2.20. The number of benzene rings is 1. The summed E-state index contributed by atoms with van der Waals surface area (Å²) in [7, 11) is 1.63. The van der Waals surface area contributed by atoms with Crippen LogP contribution in [0.25, 0.3) is 0 Å². The van der Waals surface area contributed by atoms with Crippen molar-refractivity contribution in [3.05, 3.63) is 29.3 Å². The van der Waals surface area contributed by atoms with Crippen molar-refractivity contribution in [3.8, 4) is 0 Å². The molecule has 5 heteroatoms. The molecule has 0 aliphatic rings. The van der Waals surface area contributed by atoms with Gasteiger partial charge < -0.3 is 15.4 Å². The lowest BCUT2D eigenvalue weighted by atomic mass is 10.1. The minimum absolute atomic E-state index is 0.132. The maximum absolute atomic E-state index is 11.7. The van der Waals surface area contributed by atoms with Crippen molar-refractivity contribution in [1.82, 2.24) is 5.32 Å². The third-order valence-corrected chi connectivity index (χ3v) is 2.71. The topological polar surface area (TPSA) is 50.4 Å². The van der Waals surface area contributed by atoms with Crippen LogP contribution in [0.15, 0.2) is 24.3 Å². The number of carbonyl (C=O) groups excluding carboxylic acids is 1. The van der Waals surface area contributed by atoms with Gasteiger partial charge in [0, 0.05) is 12.6 Å². The van der Waals surface area contributed by atoms with Gasteiger partial charge in [0.15, 0.2) is 0 Å². The van der Waals surface area contributed by atoms with Crippen molar-refractivity contribution in [2.24, 2.45) is 0 Å². The molecule has 1 rings (SSSR count). The summed E-state index contributed by atoms with van der Waals surface area (Å²) in [6.07, 6.45) is 0. The van der Waals surface area contributed by atoms with Crippen LogP contribution in [0.2, 0.25) is 5.02 Å². The third-order valence-electron chi connectivity index (χ3n) is 2.38. The van der Waals surface area contributed by atoms with Gasteiger partial charge in [0.1, 0.15) is 0 Å². The molecule has 2 N–H and O–H groups in total. The Morgan fingerprint density at radius 2 is 2.06 bits per heavy atom. The van der Waals surface area contributed by atoms with Crippen LogP contribution >= 0.6 is 11.6 Å². The van der Waals surface area contributed by atoms with E-state index in [1.54, 1.807) is 19.2 Å². The van der Waals surface area contributed by atoms with Gasteiger partial charge in [0.05, 0.1) is 23.9 Å². The lowest BCUT2D eigenvalue weighted by Gasteiger charge is -2.25. The molecule has 0 bridgehead atoms. The number of para-hydroxylation sites is 1. The van der Waals surface area contributed by atoms with Gasteiger partial charge in [-0.05, 0) is 26.0 Å². The summed E-state index contributed by atoms with van der Waals surface area (Å²) in [5.41, 5.74) is 0.377. The van der Waals surface area contributed by atoms with E-state index in [0.29, 0.717) is 17.3 Å². The quantitative estimate of drug-likeness (QED) is 0.834. The molecule has 0 radical (unpaired) electrons. The highest BCUT2D eigenvalue weighted by molar-refractivity contribution is 6.33. The van der Waals surface area contributed by atoms with Crippen molar-refractivity contribution in [3.63, 3.8) is 0 Å². The van der Waals surface area contributed by atoms with Crippen LogP contribution in [0, 0.1) is 0 Å². The lowest BCUT2D eigenvalue weighted by molar-refractivity contribution is -0.115. The fourth-order valence-electron chi connectivity index (χ4n) is 1.49. The van der Waals surface area contributed by atoms with E-state index in [1.165, 1.54) is 0 Å². The number of methoxy groups -OCH3 is 1.